The van der Waals surface area contributed by atoms with Gasteiger partial charge in [0, 0.05) is 5.40 Å². The maximum absolute atomic E-state index is 2.46. The number of hydrogen-bond donors (Lipinski definition) is 0. The van der Waals surface area contributed by atoms with Gasteiger partial charge < -0.3 is 0 Å². The van der Waals surface area contributed by atoms with Crippen LogP contribution in [-0.2, 0) is 0 Å². The first kappa shape index (κ1) is 20.7. The molecular formula is C28H26P2. The Morgan fingerprint density at radius 3 is 0.967 bits per heavy atom. The van der Waals surface area contributed by atoms with Gasteiger partial charge in [0.05, 0.1) is 0 Å². The summed E-state index contributed by atoms with van der Waals surface area (Å²) in [5.41, 5.74) is 0. The molecular weight excluding hydrogens is 398 g/mol. The molecule has 148 valence electrons. The second-order valence-corrected chi connectivity index (χ2v) is 12.1. The third-order valence-electron chi connectivity index (χ3n) is 5.03. The molecule has 4 aromatic carbocycles. The fraction of sp³-hybridized carbons (Fsp3) is 0.0714. The van der Waals surface area contributed by atoms with Crippen LogP contribution in [0.25, 0.3) is 0 Å². The van der Waals surface area contributed by atoms with Crippen molar-refractivity contribution in [2.75, 3.05) is 0 Å². The van der Waals surface area contributed by atoms with Gasteiger partial charge in [0.1, 0.15) is 0 Å². The Kier molecular flexibility index (Phi) is 7.25. The van der Waals surface area contributed by atoms with Gasteiger partial charge in [0.25, 0.3) is 0 Å². The summed E-state index contributed by atoms with van der Waals surface area (Å²) in [6.07, 6.45) is 4.70. The molecule has 4 aromatic rings. The van der Waals surface area contributed by atoms with Crippen molar-refractivity contribution >= 4 is 37.1 Å². The zero-order valence-electron chi connectivity index (χ0n) is 17.2. The Bertz CT molecular complexity index is 883. The SMILES string of the molecule is CC=CC(P(c1ccccc1)c1ccccc1)P(c1ccccc1)c1ccccc1. The lowest BCUT2D eigenvalue weighted by Crippen LogP contribution is -2.26. The van der Waals surface area contributed by atoms with E-state index in [1.807, 2.05) is 0 Å². The Morgan fingerprint density at radius 1 is 0.467 bits per heavy atom. The number of rotatable bonds is 7. The molecule has 0 fully saturated rings. The molecule has 4 rings (SSSR count). The van der Waals surface area contributed by atoms with Gasteiger partial charge in [-0.1, -0.05) is 133 Å². The molecule has 0 bridgehead atoms. The van der Waals surface area contributed by atoms with Gasteiger partial charge >= 0.3 is 0 Å². The van der Waals surface area contributed by atoms with Crippen LogP contribution in [-0.4, -0.2) is 5.40 Å². The zero-order chi connectivity index (χ0) is 20.6. The summed E-state index contributed by atoms with van der Waals surface area (Å²) in [4.78, 5) is 0. The van der Waals surface area contributed by atoms with Crippen LogP contribution in [0.2, 0.25) is 0 Å². The zero-order valence-corrected chi connectivity index (χ0v) is 19.0. The van der Waals surface area contributed by atoms with E-state index >= 15 is 0 Å². The monoisotopic (exact) mass is 424 g/mol. The van der Waals surface area contributed by atoms with Crippen LogP contribution in [0.3, 0.4) is 0 Å². The molecule has 0 aliphatic heterocycles. The average Bonchev–Trinajstić information content (AvgIpc) is 2.82. The van der Waals surface area contributed by atoms with Crippen LogP contribution in [0.4, 0.5) is 0 Å². The van der Waals surface area contributed by atoms with Crippen molar-refractivity contribution in [1.82, 2.24) is 0 Å². The van der Waals surface area contributed by atoms with E-state index in [4.69, 9.17) is 0 Å². The highest BCUT2D eigenvalue weighted by molar-refractivity contribution is 7.89. The molecule has 0 unspecified atom stereocenters. The molecule has 0 aromatic heterocycles. The van der Waals surface area contributed by atoms with E-state index in [0.717, 1.165) is 0 Å². The van der Waals surface area contributed by atoms with E-state index in [1.54, 1.807) is 0 Å². The highest BCUT2D eigenvalue weighted by atomic mass is 31.2. The first-order valence-electron chi connectivity index (χ1n) is 10.3. The Labute approximate surface area is 182 Å². The van der Waals surface area contributed by atoms with Crippen molar-refractivity contribution in [3.8, 4) is 0 Å². The van der Waals surface area contributed by atoms with E-state index in [2.05, 4.69) is 140 Å². The van der Waals surface area contributed by atoms with Crippen LogP contribution >= 0.6 is 15.8 Å². The minimum absolute atomic E-state index is 0.412. The molecule has 0 aliphatic rings. The quantitative estimate of drug-likeness (QED) is 0.246. The maximum atomic E-state index is 2.46. The summed E-state index contributed by atoms with van der Waals surface area (Å²) in [5.74, 6) is 0. The predicted molar refractivity (Wildman–Crippen MR) is 137 cm³/mol. The van der Waals surface area contributed by atoms with Crippen molar-refractivity contribution in [3.05, 3.63) is 133 Å². The minimum Gasteiger partial charge on any atom is -0.0906 e. The summed E-state index contributed by atoms with van der Waals surface area (Å²) in [5, 5.41) is 6.14. The molecule has 0 N–H and O–H groups in total. The molecule has 0 spiro atoms. The van der Waals surface area contributed by atoms with Crippen molar-refractivity contribution in [1.29, 1.82) is 0 Å². The Morgan fingerprint density at radius 2 is 0.733 bits per heavy atom. The van der Waals surface area contributed by atoms with E-state index in [9.17, 15) is 0 Å². The molecule has 0 heterocycles. The van der Waals surface area contributed by atoms with Gasteiger partial charge in [-0.15, -0.1) is 0 Å². The number of allylic oxidation sites excluding steroid dienone is 2. The first-order valence-corrected chi connectivity index (χ1v) is 13.1. The van der Waals surface area contributed by atoms with Crippen molar-refractivity contribution in [3.63, 3.8) is 0 Å². The lowest BCUT2D eigenvalue weighted by molar-refractivity contribution is 1.54. The summed E-state index contributed by atoms with van der Waals surface area (Å²) >= 11 is 0. The first-order chi connectivity index (χ1) is 14.9. The van der Waals surface area contributed by atoms with Crippen LogP contribution in [0.15, 0.2) is 133 Å². The van der Waals surface area contributed by atoms with Crippen LogP contribution in [0, 0.1) is 0 Å². The Balaban J connectivity index is 1.92. The van der Waals surface area contributed by atoms with Gasteiger partial charge in [-0.2, -0.15) is 0 Å². The van der Waals surface area contributed by atoms with E-state index in [1.165, 1.54) is 21.2 Å². The molecule has 0 atom stereocenters. The highest BCUT2D eigenvalue weighted by Gasteiger charge is 2.31. The third-order valence-corrected chi connectivity index (χ3v) is 11.2. The molecule has 0 nitrogen and oxygen atoms in total. The van der Waals surface area contributed by atoms with Gasteiger partial charge in [0.2, 0.25) is 0 Å². The standard InChI is InChI=1S/C28H26P2/c1-2-15-28(29(24-16-7-3-8-17-24)25-18-9-4-10-19-25)30(26-20-11-5-12-21-26)27-22-13-6-14-23-27/h2-23,28H,1H3. The van der Waals surface area contributed by atoms with Crippen LogP contribution in [0.5, 0.6) is 0 Å². The fourth-order valence-corrected chi connectivity index (χ4v) is 10.7. The van der Waals surface area contributed by atoms with Gasteiger partial charge in [-0.25, -0.2) is 0 Å². The number of benzene rings is 4. The lowest BCUT2D eigenvalue weighted by Gasteiger charge is -2.34. The smallest absolute Gasteiger partial charge is 0.0334 e. The predicted octanol–water partition coefficient (Wildman–Crippen LogP) is 6.15. The third kappa shape index (κ3) is 4.79. The van der Waals surface area contributed by atoms with Crippen molar-refractivity contribution < 1.29 is 0 Å². The summed E-state index contributed by atoms with van der Waals surface area (Å²) in [7, 11) is -1.13. The van der Waals surface area contributed by atoms with E-state index in [0.29, 0.717) is 5.40 Å². The molecule has 0 aliphatic carbocycles. The largest absolute Gasteiger partial charge is 0.0906 e. The molecule has 0 radical (unpaired) electrons. The second-order valence-electron chi connectivity index (χ2n) is 7.02. The topological polar surface area (TPSA) is 0 Å². The molecule has 0 saturated carbocycles. The normalized spacial score (nSPS) is 11.6. The van der Waals surface area contributed by atoms with E-state index in [-0.39, 0.29) is 0 Å². The summed E-state index contributed by atoms with van der Waals surface area (Å²) in [6.45, 7) is 2.15. The summed E-state index contributed by atoms with van der Waals surface area (Å²) in [6, 6.07) is 44.3. The van der Waals surface area contributed by atoms with Gasteiger partial charge in [0.15, 0.2) is 0 Å². The second kappa shape index (κ2) is 10.5. The van der Waals surface area contributed by atoms with Gasteiger partial charge in [-0.05, 0) is 44.0 Å². The van der Waals surface area contributed by atoms with Gasteiger partial charge in [-0.3, -0.25) is 0 Å². The molecule has 0 amide bonds. The van der Waals surface area contributed by atoms with Crippen LogP contribution in [0.1, 0.15) is 6.92 Å². The maximum Gasteiger partial charge on any atom is 0.0334 e. The number of hydrogen-bond acceptors (Lipinski definition) is 0. The van der Waals surface area contributed by atoms with E-state index < -0.39 is 15.8 Å². The average molecular weight is 424 g/mol. The van der Waals surface area contributed by atoms with Crippen molar-refractivity contribution in [2.45, 2.75) is 12.3 Å². The fourth-order valence-electron chi connectivity index (χ4n) is 3.72. The highest BCUT2D eigenvalue weighted by Crippen LogP contribution is 2.56. The molecule has 2 heteroatoms. The Hall–Kier alpha value is -2.52. The minimum atomic E-state index is -0.565. The summed E-state index contributed by atoms with van der Waals surface area (Å²) < 4.78 is 0. The van der Waals surface area contributed by atoms with Crippen LogP contribution < -0.4 is 21.2 Å². The lowest BCUT2D eigenvalue weighted by atomic mass is 10.4. The molecule has 0 saturated heterocycles. The van der Waals surface area contributed by atoms with Crippen molar-refractivity contribution in [2.24, 2.45) is 0 Å². The molecule has 30 heavy (non-hydrogen) atoms.